The number of rotatable bonds is 4. The molecule has 9 heavy (non-hydrogen) atoms. The smallest absolute Gasteiger partial charge is 0.0500 e. The van der Waals surface area contributed by atoms with Crippen LogP contribution < -0.4 is 0 Å². The van der Waals surface area contributed by atoms with Gasteiger partial charge < -0.3 is 4.74 Å². The molecule has 0 amide bonds. The lowest BCUT2D eigenvalue weighted by Gasteiger charge is -1.95. The van der Waals surface area contributed by atoms with Gasteiger partial charge in [-0.1, -0.05) is 11.6 Å². The molecular weight excluding hydrogens is 112 g/mol. The Bertz CT molecular complexity index is 80.6. The van der Waals surface area contributed by atoms with Gasteiger partial charge in [-0.05, 0) is 27.2 Å². The lowest BCUT2D eigenvalue weighted by molar-refractivity contribution is 0.152. The van der Waals surface area contributed by atoms with Crippen LogP contribution in [-0.4, -0.2) is 13.2 Å². The first-order valence-electron chi connectivity index (χ1n) is 3.48. The molecule has 0 bridgehead atoms. The van der Waals surface area contributed by atoms with Gasteiger partial charge in [0.2, 0.25) is 0 Å². The lowest BCUT2D eigenvalue weighted by atomic mass is 10.3. The van der Waals surface area contributed by atoms with Gasteiger partial charge in [0.25, 0.3) is 0 Å². The average molecular weight is 128 g/mol. The predicted molar refractivity (Wildman–Crippen MR) is 40.5 cm³/mol. The van der Waals surface area contributed by atoms with E-state index in [1.54, 1.807) is 0 Å². The van der Waals surface area contributed by atoms with E-state index in [-0.39, 0.29) is 0 Å². The van der Waals surface area contributed by atoms with Crippen LogP contribution >= 0.6 is 0 Å². The third-order valence-corrected chi connectivity index (χ3v) is 1.02. The van der Waals surface area contributed by atoms with Crippen molar-refractivity contribution in [2.45, 2.75) is 27.2 Å². The highest BCUT2D eigenvalue weighted by Crippen LogP contribution is 1.92. The molecule has 0 fully saturated rings. The van der Waals surface area contributed by atoms with E-state index >= 15 is 0 Å². The van der Waals surface area contributed by atoms with Crippen molar-refractivity contribution < 1.29 is 4.74 Å². The van der Waals surface area contributed by atoms with Crippen LogP contribution in [0.25, 0.3) is 0 Å². The van der Waals surface area contributed by atoms with Crippen molar-refractivity contribution in [1.29, 1.82) is 0 Å². The van der Waals surface area contributed by atoms with Gasteiger partial charge in [0.05, 0.1) is 0 Å². The summed E-state index contributed by atoms with van der Waals surface area (Å²) in [6, 6.07) is 0. The summed E-state index contributed by atoms with van der Waals surface area (Å²) < 4.78 is 5.14. The standard InChI is InChI=1S/C8H16O/c1-4-9-7-5-6-8(2)3/h6H,4-5,7H2,1-3H3. The SMILES string of the molecule is CCOCCC=C(C)C. The first-order valence-corrected chi connectivity index (χ1v) is 3.48. The van der Waals surface area contributed by atoms with E-state index in [0.717, 1.165) is 19.6 Å². The molecule has 0 atom stereocenters. The summed E-state index contributed by atoms with van der Waals surface area (Å²) in [5, 5.41) is 0. The van der Waals surface area contributed by atoms with E-state index in [0.29, 0.717) is 0 Å². The summed E-state index contributed by atoms with van der Waals surface area (Å²) >= 11 is 0. The van der Waals surface area contributed by atoms with Crippen molar-refractivity contribution in [3.8, 4) is 0 Å². The lowest BCUT2D eigenvalue weighted by Crippen LogP contribution is -1.90. The maximum Gasteiger partial charge on any atom is 0.0500 e. The Hall–Kier alpha value is -0.300. The van der Waals surface area contributed by atoms with Crippen LogP contribution in [0, 0.1) is 0 Å². The summed E-state index contributed by atoms with van der Waals surface area (Å²) in [5.41, 5.74) is 1.37. The van der Waals surface area contributed by atoms with Crippen LogP contribution in [0.4, 0.5) is 0 Å². The van der Waals surface area contributed by atoms with Crippen LogP contribution in [0.2, 0.25) is 0 Å². The molecule has 0 aliphatic carbocycles. The Balaban J connectivity index is 3.00. The largest absolute Gasteiger partial charge is 0.381 e. The highest BCUT2D eigenvalue weighted by molar-refractivity contribution is 4.92. The van der Waals surface area contributed by atoms with Crippen LogP contribution in [-0.2, 0) is 4.74 Å². The number of hydrogen-bond acceptors (Lipinski definition) is 1. The summed E-state index contributed by atoms with van der Waals surface area (Å²) in [5.74, 6) is 0. The van der Waals surface area contributed by atoms with E-state index in [1.807, 2.05) is 6.92 Å². The molecule has 0 aliphatic heterocycles. The zero-order valence-electron chi connectivity index (χ0n) is 6.61. The fraction of sp³-hybridized carbons (Fsp3) is 0.750. The summed E-state index contributed by atoms with van der Waals surface area (Å²) in [4.78, 5) is 0. The van der Waals surface area contributed by atoms with E-state index < -0.39 is 0 Å². The molecule has 0 spiro atoms. The molecule has 0 saturated carbocycles. The molecule has 1 nitrogen and oxygen atoms in total. The second-order valence-electron chi connectivity index (χ2n) is 2.27. The van der Waals surface area contributed by atoms with Crippen molar-refractivity contribution in [3.63, 3.8) is 0 Å². The Morgan fingerprint density at radius 1 is 1.44 bits per heavy atom. The van der Waals surface area contributed by atoms with E-state index in [2.05, 4.69) is 19.9 Å². The number of hydrogen-bond donors (Lipinski definition) is 0. The monoisotopic (exact) mass is 128 g/mol. The summed E-state index contributed by atoms with van der Waals surface area (Å²) in [6.07, 6.45) is 3.24. The van der Waals surface area contributed by atoms with Gasteiger partial charge in [-0.25, -0.2) is 0 Å². The highest BCUT2D eigenvalue weighted by atomic mass is 16.5. The van der Waals surface area contributed by atoms with Gasteiger partial charge >= 0.3 is 0 Å². The second kappa shape index (κ2) is 5.83. The minimum absolute atomic E-state index is 0.830. The zero-order chi connectivity index (χ0) is 7.11. The normalized spacial score (nSPS) is 9.22. The molecule has 0 N–H and O–H groups in total. The number of ether oxygens (including phenoxy) is 1. The maximum absolute atomic E-state index is 5.14. The van der Waals surface area contributed by atoms with Gasteiger partial charge in [-0.15, -0.1) is 0 Å². The highest BCUT2D eigenvalue weighted by Gasteiger charge is 1.80. The van der Waals surface area contributed by atoms with Crippen molar-refractivity contribution in [2.75, 3.05) is 13.2 Å². The Morgan fingerprint density at radius 2 is 2.11 bits per heavy atom. The molecule has 0 unspecified atom stereocenters. The molecule has 0 radical (unpaired) electrons. The first kappa shape index (κ1) is 8.70. The Kier molecular flexibility index (Phi) is 5.64. The number of allylic oxidation sites excluding steroid dienone is 1. The molecule has 0 aromatic rings. The average Bonchev–Trinajstić information content (AvgIpc) is 1.80. The molecule has 54 valence electrons. The third kappa shape index (κ3) is 7.70. The molecule has 0 aliphatic rings. The minimum atomic E-state index is 0.830. The molecule has 0 saturated heterocycles. The van der Waals surface area contributed by atoms with Crippen molar-refractivity contribution in [1.82, 2.24) is 0 Å². The van der Waals surface area contributed by atoms with Crippen molar-refractivity contribution >= 4 is 0 Å². The summed E-state index contributed by atoms with van der Waals surface area (Å²) in [7, 11) is 0. The van der Waals surface area contributed by atoms with Gasteiger partial charge in [0.15, 0.2) is 0 Å². The topological polar surface area (TPSA) is 9.23 Å². The molecule has 0 aromatic carbocycles. The zero-order valence-corrected chi connectivity index (χ0v) is 6.61. The van der Waals surface area contributed by atoms with Gasteiger partial charge in [0, 0.05) is 13.2 Å². The molecule has 0 rings (SSSR count). The molecule has 1 heteroatoms. The Morgan fingerprint density at radius 3 is 2.56 bits per heavy atom. The third-order valence-electron chi connectivity index (χ3n) is 1.02. The predicted octanol–water partition coefficient (Wildman–Crippen LogP) is 2.38. The van der Waals surface area contributed by atoms with E-state index in [1.165, 1.54) is 5.57 Å². The van der Waals surface area contributed by atoms with Crippen molar-refractivity contribution in [3.05, 3.63) is 11.6 Å². The van der Waals surface area contributed by atoms with Crippen molar-refractivity contribution in [2.24, 2.45) is 0 Å². The van der Waals surface area contributed by atoms with Crippen LogP contribution in [0.15, 0.2) is 11.6 Å². The van der Waals surface area contributed by atoms with E-state index in [9.17, 15) is 0 Å². The van der Waals surface area contributed by atoms with Gasteiger partial charge in [-0.2, -0.15) is 0 Å². The quantitative estimate of drug-likeness (QED) is 0.417. The molecule has 0 heterocycles. The molecular formula is C8H16O. The van der Waals surface area contributed by atoms with Gasteiger partial charge in [0.1, 0.15) is 0 Å². The minimum Gasteiger partial charge on any atom is -0.381 e. The second-order valence-corrected chi connectivity index (χ2v) is 2.27. The van der Waals surface area contributed by atoms with E-state index in [4.69, 9.17) is 4.74 Å². The van der Waals surface area contributed by atoms with Crippen LogP contribution in [0.1, 0.15) is 27.2 Å². The fourth-order valence-electron chi connectivity index (χ4n) is 0.575. The van der Waals surface area contributed by atoms with Gasteiger partial charge in [-0.3, -0.25) is 0 Å². The van der Waals surface area contributed by atoms with Crippen LogP contribution in [0.5, 0.6) is 0 Å². The summed E-state index contributed by atoms with van der Waals surface area (Å²) in [6.45, 7) is 7.92. The fourth-order valence-corrected chi connectivity index (χ4v) is 0.575. The maximum atomic E-state index is 5.14. The first-order chi connectivity index (χ1) is 4.27. The molecule has 0 aromatic heterocycles. The van der Waals surface area contributed by atoms with Crippen LogP contribution in [0.3, 0.4) is 0 Å². The Labute approximate surface area is 57.7 Å².